The first-order valence-electron chi connectivity index (χ1n) is 4.24. The maximum absolute atomic E-state index is 11.8. The lowest BCUT2D eigenvalue weighted by atomic mass is 10.3. The number of hydrogen-bond acceptors (Lipinski definition) is 4. The minimum absolute atomic E-state index is 0.107. The predicted molar refractivity (Wildman–Crippen MR) is 53.7 cm³/mol. The monoisotopic (exact) mass is 218 g/mol. The molecule has 0 radical (unpaired) electrons. The van der Waals surface area contributed by atoms with Crippen LogP contribution >= 0.6 is 7.52 Å². The van der Waals surface area contributed by atoms with Gasteiger partial charge in [0.2, 0.25) is 0 Å². The molecule has 2 N–H and O–H groups in total. The third kappa shape index (κ3) is 1.75. The van der Waals surface area contributed by atoms with Crippen molar-refractivity contribution in [3.05, 3.63) is 12.7 Å². The van der Waals surface area contributed by atoms with Gasteiger partial charge in [-0.2, -0.15) is 0 Å². The second-order valence-corrected chi connectivity index (χ2v) is 5.98. The zero-order chi connectivity index (χ0) is 11.0. The molecule has 5 nitrogen and oxygen atoms in total. The van der Waals surface area contributed by atoms with Gasteiger partial charge >= 0.3 is 7.52 Å². The van der Waals surface area contributed by atoms with Gasteiger partial charge in [0, 0.05) is 12.6 Å². The lowest BCUT2D eigenvalue weighted by Gasteiger charge is -2.29. The highest BCUT2D eigenvalue weighted by atomic mass is 31.2. The Morgan fingerprint density at radius 2 is 2.36 bits per heavy atom. The Bertz CT molecular complexity index is 307. The summed E-state index contributed by atoms with van der Waals surface area (Å²) in [7, 11) is -1.51. The van der Waals surface area contributed by atoms with E-state index in [1.807, 2.05) is 0 Å². The van der Waals surface area contributed by atoms with E-state index < -0.39 is 13.2 Å². The molecule has 1 aliphatic rings. The second-order valence-electron chi connectivity index (χ2n) is 3.57. The third-order valence-electron chi connectivity index (χ3n) is 2.70. The number of hydrogen-bond donors (Lipinski definition) is 1. The summed E-state index contributed by atoms with van der Waals surface area (Å²) >= 11 is 0. The van der Waals surface area contributed by atoms with E-state index in [1.54, 1.807) is 13.1 Å². The van der Waals surface area contributed by atoms with E-state index in [0.29, 0.717) is 6.42 Å². The Morgan fingerprint density at radius 1 is 1.79 bits per heavy atom. The number of rotatable bonds is 5. The molecular formula is C8H15N2O3P. The van der Waals surface area contributed by atoms with Crippen molar-refractivity contribution in [2.75, 3.05) is 13.7 Å². The first kappa shape index (κ1) is 11.4. The summed E-state index contributed by atoms with van der Waals surface area (Å²) < 4.78 is 17.8. The van der Waals surface area contributed by atoms with E-state index >= 15 is 0 Å². The van der Waals surface area contributed by atoms with Crippen LogP contribution in [0, 0.1) is 5.92 Å². The summed E-state index contributed by atoms with van der Waals surface area (Å²) in [5.74, 6) is 0.107. The van der Waals surface area contributed by atoms with Crippen LogP contribution in [0.4, 0.5) is 0 Å². The summed E-state index contributed by atoms with van der Waals surface area (Å²) in [6, 6.07) is 0. The molecule has 0 bridgehead atoms. The molecule has 1 fully saturated rings. The van der Waals surface area contributed by atoms with Crippen molar-refractivity contribution in [3.63, 3.8) is 0 Å². The molecule has 1 saturated carbocycles. The van der Waals surface area contributed by atoms with Gasteiger partial charge in [-0.05, 0) is 13.5 Å². The van der Waals surface area contributed by atoms with Crippen LogP contribution < -0.4 is 5.73 Å². The molecule has 0 spiro atoms. The van der Waals surface area contributed by atoms with E-state index in [-0.39, 0.29) is 12.4 Å². The molecule has 80 valence electrons. The lowest BCUT2D eigenvalue weighted by Crippen LogP contribution is -2.41. The van der Waals surface area contributed by atoms with Crippen LogP contribution in [0.5, 0.6) is 0 Å². The van der Waals surface area contributed by atoms with Crippen molar-refractivity contribution in [1.82, 2.24) is 4.67 Å². The largest absolute Gasteiger partial charge is 0.403 e. The van der Waals surface area contributed by atoms with Gasteiger partial charge in [0.1, 0.15) is 0 Å². The van der Waals surface area contributed by atoms with Crippen LogP contribution in [0.2, 0.25) is 0 Å². The minimum atomic E-state index is -3.10. The lowest BCUT2D eigenvalue weighted by molar-refractivity contribution is -0.120. The fraction of sp³-hybridized carbons (Fsp3) is 0.625. The highest BCUT2D eigenvalue weighted by Crippen LogP contribution is 2.57. The summed E-state index contributed by atoms with van der Waals surface area (Å²) in [6.45, 7) is 5.18. The third-order valence-corrected chi connectivity index (χ3v) is 4.64. The summed E-state index contributed by atoms with van der Waals surface area (Å²) in [5, 5.41) is 0. The molecule has 3 unspecified atom stereocenters. The standard InChI is InChI=1S/C8H15N2O3P/c1-4-7-5-8(7,9)10(2)14(3,12)13-6-11/h4,6-7H,1,5,9H2,2-3H3. The maximum atomic E-state index is 11.8. The van der Waals surface area contributed by atoms with Gasteiger partial charge in [-0.3, -0.25) is 9.36 Å². The van der Waals surface area contributed by atoms with Crippen molar-refractivity contribution < 1.29 is 13.9 Å². The van der Waals surface area contributed by atoms with Gasteiger partial charge in [0.05, 0.1) is 5.66 Å². The second kappa shape index (κ2) is 3.50. The fourth-order valence-electron chi connectivity index (χ4n) is 1.44. The fourth-order valence-corrected chi connectivity index (χ4v) is 2.65. The van der Waals surface area contributed by atoms with Crippen LogP contribution in [0.15, 0.2) is 12.7 Å². The van der Waals surface area contributed by atoms with E-state index in [2.05, 4.69) is 11.1 Å². The minimum Gasteiger partial charge on any atom is -0.403 e. The zero-order valence-corrected chi connectivity index (χ0v) is 9.24. The van der Waals surface area contributed by atoms with Gasteiger partial charge in [-0.25, -0.2) is 4.67 Å². The Kier molecular flexibility index (Phi) is 2.86. The van der Waals surface area contributed by atoms with Crippen LogP contribution in [-0.2, 0) is 13.9 Å². The van der Waals surface area contributed by atoms with E-state index in [9.17, 15) is 9.36 Å². The van der Waals surface area contributed by atoms with Crippen molar-refractivity contribution in [1.29, 1.82) is 0 Å². The van der Waals surface area contributed by atoms with Crippen LogP contribution in [0.25, 0.3) is 0 Å². The Labute approximate surface area is 83.4 Å². The Balaban J connectivity index is 2.75. The molecule has 0 aliphatic heterocycles. The Hall–Kier alpha value is -0.640. The highest BCUT2D eigenvalue weighted by molar-refractivity contribution is 7.56. The van der Waals surface area contributed by atoms with Gasteiger partial charge < -0.3 is 10.3 Å². The SMILES string of the molecule is C=CC1CC1(N)N(C)P(C)(=O)OC=O. The van der Waals surface area contributed by atoms with Gasteiger partial charge in [0.15, 0.2) is 0 Å². The van der Waals surface area contributed by atoms with Crippen molar-refractivity contribution in [2.45, 2.75) is 12.1 Å². The molecule has 3 atom stereocenters. The van der Waals surface area contributed by atoms with Crippen LogP contribution in [-0.4, -0.2) is 30.5 Å². The molecule has 6 heteroatoms. The molecule has 1 rings (SSSR count). The summed E-state index contributed by atoms with van der Waals surface area (Å²) in [4.78, 5) is 10.1. The normalized spacial score (nSPS) is 34.7. The molecule has 0 aromatic heterocycles. The van der Waals surface area contributed by atoms with E-state index in [0.717, 1.165) is 0 Å². The summed E-state index contributed by atoms with van der Waals surface area (Å²) in [6.07, 6.45) is 2.41. The number of nitrogens with zero attached hydrogens (tertiary/aromatic N) is 1. The molecule has 14 heavy (non-hydrogen) atoms. The van der Waals surface area contributed by atoms with E-state index in [4.69, 9.17) is 5.73 Å². The predicted octanol–water partition coefficient (Wildman–Crippen LogP) is 0.775. The van der Waals surface area contributed by atoms with Gasteiger partial charge in [0.25, 0.3) is 6.47 Å². The van der Waals surface area contributed by atoms with Crippen molar-refractivity contribution in [2.24, 2.45) is 11.7 Å². The average molecular weight is 218 g/mol. The van der Waals surface area contributed by atoms with Gasteiger partial charge in [-0.1, -0.05) is 6.08 Å². The molecule has 0 saturated heterocycles. The van der Waals surface area contributed by atoms with Crippen LogP contribution in [0.3, 0.4) is 0 Å². The van der Waals surface area contributed by atoms with Crippen molar-refractivity contribution in [3.8, 4) is 0 Å². The molecular weight excluding hydrogens is 203 g/mol. The molecule has 0 amide bonds. The zero-order valence-electron chi connectivity index (χ0n) is 8.34. The molecule has 1 aliphatic carbocycles. The topological polar surface area (TPSA) is 72.6 Å². The summed E-state index contributed by atoms with van der Waals surface area (Å²) in [5.41, 5.74) is 5.28. The highest BCUT2D eigenvalue weighted by Gasteiger charge is 2.56. The smallest absolute Gasteiger partial charge is 0.319 e. The van der Waals surface area contributed by atoms with Crippen molar-refractivity contribution >= 4 is 14.0 Å². The molecule has 0 heterocycles. The number of carbonyl (C=O) groups excluding carboxylic acids is 1. The van der Waals surface area contributed by atoms with Crippen LogP contribution in [0.1, 0.15) is 6.42 Å². The van der Waals surface area contributed by atoms with Gasteiger partial charge in [-0.15, -0.1) is 6.58 Å². The first-order chi connectivity index (χ1) is 6.38. The molecule has 0 aromatic carbocycles. The quantitative estimate of drug-likeness (QED) is 0.319. The van der Waals surface area contributed by atoms with E-state index in [1.165, 1.54) is 11.3 Å². The molecule has 0 aromatic rings. The first-order valence-corrected chi connectivity index (χ1v) is 6.26. The maximum Gasteiger partial charge on any atom is 0.319 e. The average Bonchev–Trinajstić information content (AvgIpc) is 2.77. The Morgan fingerprint density at radius 3 is 2.71 bits per heavy atom. The number of nitrogens with two attached hydrogens (primary N) is 1. The number of carbonyl (C=O) groups is 1.